The molecule has 27 heavy (non-hydrogen) atoms. The summed E-state index contributed by atoms with van der Waals surface area (Å²) >= 11 is 2.22. The van der Waals surface area contributed by atoms with Gasteiger partial charge >= 0.3 is 0 Å². The first kappa shape index (κ1) is 20.3. The number of sulfonamides is 1. The van der Waals surface area contributed by atoms with Gasteiger partial charge in [0.05, 0.1) is 5.75 Å². The summed E-state index contributed by atoms with van der Waals surface area (Å²) in [6, 6.07) is 15.2. The Balaban J connectivity index is 1.57. The van der Waals surface area contributed by atoms with Crippen molar-refractivity contribution in [3.63, 3.8) is 0 Å². The van der Waals surface area contributed by atoms with E-state index in [1.54, 1.807) is 0 Å². The van der Waals surface area contributed by atoms with Gasteiger partial charge in [0.1, 0.15) is 0 Å². The van der Waals surface area contributed by atoms with E-state index in [1.807, 2.05) is 55.5 Å². The van der Waals surface area contributed by atoms with Gasteiger partial charge in [0.15, 0.2) is 0 Å². The van der Waals surface area contributed by atoms with Crippen LogP contribution in [-0.4, -0.2) is 31.7 Å². The van der Waals surface area contributed by atoms with Crippen molar-refractivity contribution in [2.75, 3.05) is 18.4 Å². The lowest BCUT2D eigenvalue weighted by Gasteiger charge is -2.30. The van der Waals surface area contributed by atoms with Gasteiger partial charge in [-0.25, -0.2) is 12.7 Å². The number of amides is 1. The van der Waals surface area contributed by atoms with E-state index in [-0.39, 0.29) is 17.6 Å². The molecule has 1 amide bonds. The summed E-state index contributed by atoms with van der Waals surface area (Å²) < 4.78 is 28.1. The van der Waals surface area contributed by atoms with Crippen LogP contribution in [0, 0.1) is 16.4 Å². The molecule has 1 heterocycles. The molecule has 0 bridgehead atoms. The van der Waals surface area contributed by atoms with Crippen molar-refractivity contribution in [3.05, 3.63) is 63.2 Å². The lowest BCUT2D eigenvalue weighted by atomic mass is 9.97. The van der Waals surface area contributed by atoms with Crippen molar-refractivity contribution >= 4 is 44.2 Å². The molecule has 7 heteroatoms. The highest BCUT2D eigenvalue weighted by atomic mass is 127. The van der Waals surface area contributed by atoms with E-state index in [2.05, 4.69) is 27.9 Å². The smallest absolute Gasteiger partial charge is 0.227 e. The number of nitrogens with zero attached hydrogens (tertiary/aromatic N) is 1. The molecule has 0 aromatic heterocycles. The third-order valence-electron chi connectivity index (χ3n) is 4.93. The lowest BCUT2D eigenvalue weighted by Crippen LogP contribution is -2.41. The average Bonchev–Trinajstić information content (AvgIpc) is 2.65. The number of carbonyl (C=O) groups excluding carboxylic acids is 1. The lowest BCUT2D eigenvalue weighted by molar-refractivity contribution is -0.120. The number of rotatable bonds is 5. The Hall–Kier alpha value is -1.45. The van der Waals surface area contributed by atoms with Crippen LogP contribution in [0.15, 0.2) is 48.5 Å². The zero-order valence-electron chi connectivity index (χ0n) is 15.2. The van der Waals surface area contributed by atoms with Gasteiger partial charge in [-0.05, 0) is 77.7 Å². The van der Waals surface area contributed by atoms with Crippen molar-refractivity contribution in [3.8, 4) is 0 Å². The second-order valence-corrected chi connectivity index (χ2v) is 10.1. The van der Waals surface area contributed by atoms with Gasteiger partial charge in [-0.1, -0.05) is 24.3 Å². The maximum atomic E-state index is 12.7. The minimum Gasteiger partial charge on any atom is -0.326 e. The molecule has 2 aromatic rings. The monoisotopic (exact) mass is 498 g/mol. The van der Waals surface area contributed by atoms with E-state index in [9.17, 15) is 13.2 Å². The molecule has 0 spiro atoms. The highest BCUT2D eigenvalue weighted by Crippen LogP contribution is 2.24. The molecular weight excluding hydrogens is 475 g/mol. The Morgan fingerprint density at radius 2 is 1.74 bits per heavy atom. The second-order valence-electron chi connectivity index (χ2n) is 6.85. The highest BCUT2D eigenvalue weighted by Gasteiger charge is 2.31. The minimum absolute atomic E-state index is 0.0131. The summed E-state index contributed by atoms with van der Waals surface area (Å²) in [5.74, 6) is -0.180. The molecule has 0 radical (unpaired) electrons. The van der Waals surface area contributed by atoms with Crippen LogP contribution >= 0.6 is 22.6 Å². The molecule has 0 atom stereocenters. The third kappa shape index (κ3) is 5.30. The molecule has 0 unspecified atom stereocenters. The maximum absolute atomic E-state index is 12.7. The maximum Gasteiger partial charge on any atom is 0.227 e. The van der Waals surface area contributed by atoms with E-state index in [1.165, 1.54) is 4.31 Å². The van der Waals surface area contributed by atoms with E-state index >= 15 is 0 Å². The Morgan fingerprint density at radius 3 is 2.37 bits per heavy atom. The number of nitrogens with one attached hydrogen (secondary N) is 1. The van der Waals surface area contributed by atoms with Gasteiger partial charge in [0.2, 0.25) is 15.9 Å². The summed E-state index contributed by atoms with van der Waals surface area (Å²) in [6.45, 7) is 2.70. The van der Waals surface area contributed by atoms with Crippen molar-refractivity contribution in [2.24, 2.45) is 5.92 Å². The molecule has 1 aliphatic rings. The summed E-state index contributed by atoms with van der Waals surface area (Å²) in [4.78, 5) is 12.5. The standard InChI is InChI=1S/C20H23IN2O3S/c1-15-4-2-3-5-17(15)14-27(25,26)23-12-10-16(11-13-23)20(24)22-19-8-6-18(21)7-9-19/h2-9,16H,10-14H2,1H3,(H,22,24). The molecule has 5 nitrogen and oxygen atoms in total. The van der Waals surface area contributed by atoms with Crippen LogP contribution in [0.5, 0.6) is 0 Å². The molecule has 1 aliphatic heterocycles. The first-order chi connectivity index (χ1) is 12.8. The van der Waals surface area contributed by atoms with Crippen molar-refractivity contribution in [1.29, 1.82) is 0 Å². The van der Waals surface area contributed by atoms with E-state index < -0.39 is 10.0 Å². The van der Waals surface area contributed by atoms with Crippen LogP contribution in [0.3, 0.4) is 0 Å². The summed E-state index contributed by atoms with van der Waals surface area (Å²) in [5, 5.41) is 2.93. The fourth-order valence-corrected chi connectivity index (χ4v) is 5.26. The Morgan fingerprint density at radius 1 is 1.11 bits per heavy atom. The molecule has 3 rings (SSSR count). The minimum atomic E-state index is -3.37. The first-order valence-electron chi connectivity index (χ1n) is 8.94. The van der Waals surface area contributed by atoms with Crippen LogP contribution in [-0.2, 0) is 20.6 Å². The van der Waals surface area contributed by atoms with Crippen molar-refractivity contribution < 1.29 is 13.2 Å². The highest BCUT2D eigenvalue weighted by molar-refractivity contribution is 14.1. The van der Waals surface area contributed by atoms with Gasteiger partial charge in [0, 0.05) is 28.3 Å². The fourth-order valence-electron chi connectivity index (χ4n) is 3.23. The van der Waals surface area contributed by atoms with Gasteiger partial charge in [-0.2, -0.15) is 0 Å². The molecular formula is C20H23IN2O3S. The molecule has 2 aromatic carbocycles. The quantitative estimate of drug-likeness (QED) is 0.639. The molecule has 1 saturated heterocycles. The number of halogens is 1. The number of aryl methyl sites for hydroxylation is 1. The van der Waals surface area contributed by atoms with Gasteiger partial charge < -0.3 is 5.32 Å². The topological polar surface area (TPSA) is 66.5 Å². The number of hydrogen-bond donors (Lipinski definition) is 1. The third-order valence-corrected chi connectivity index (χ3v) is 7.48. The Labute approximate surface area is 174 Å². The van der Waals surface area contributed by atoms with Crippen molar-refractivity contribution in [2.45, 2.75) is 25.5 Å². The van der Waals surface area contributed by atoms with Crippen LogP contribution < -0.4 is 5.32 Å². The summed E-state index contributed by atoms with van der Waals surface area (Å²) in [6.07, 6.45) is 1.09. The second kappa shape index (κ2) is 8.70. The number of carbonyl (C=O) groups is 1. The number of piperidine rings is 1. The predicted octanol–water partition coefficient (Wildman–Crippen LogP) is 3.78. The number of anilines is 1. The molecule has 1 fully saturated rings. The van der Waals surface area contributed by atoms with E-state index in [4.69, 9.17) is 0 Å². The molecule has 144 valence electrons. The van der Waals surface area contributed by atoms with Crippen molar-refractivity contribution in [1.82, 2.24) is 4.31 Å². The normalized spacial score (nSPS) is 16.2. The fraction of sp³-hybridized carbons (Fsp3) is 0.350. The van der Waals surface area contributed by atoms with Gasteiger partial charge in [0.25, 0.3) is 0 Å². The largest absolute Gasteiger partial charge is 0.326 e. The van der Waals surface area contributed by atoms with Crippen LogP contribution in [0.1, 0.15) is 24.0 Å². The predicted molar refractivity (Wildman–Crippen MR) is 116 cm³/mol. The molecule has 1 N–H and O–H groups in total. The Kier molecular flexibility index (Phi) is 6.54. The van der Waals surface area contributed by atoms with Crippen LogP contribution in [0.4, 0.5) is 5.69 Å². The van der Waals surface area contributed by atoms with Crippen LogP contribution in [0.2, 0.25) is 0 Å². The molecule has 0 aliphatic carbocycles. The van der Waals surface area contributed by atoms with Gasteiger partial charge in [-0.15, -0.1) is 0 Å². The number of benzene rings is 2. The average molecular weight is 498 g/mol. The molecule has 0 saturated carbocycles. The summed E-state index contributed by atoms with van der Waals surface area (Å²) in [5.41, 5.74) is 2.58. The van der Waals surface area contributed by atoms with Crippen LogP contribution in [0.25, 0.3) is 0 Å². The SMILES string of the molecule is Cc1ccccc1CS(=O)(=O)N1CCC(C(=O)Nc2ccc(I)cc2)CC1. The Bertz CT molecular complexity index is 905. The number of hydrogen-bond acceptors (Lipinski definition) is 3. The first-order valence-corrected chi connectivity index (χ1v) is 11.6. The zero-order chi connectivity index (χ0) is 19.4. The summed E-state index contributed by atoms with van der Waals surface area (Å²) in [7, 11) is -3.37. The van der Waals surface area contributed by atoms with Gasteiger partial charge in [-0.3, -0.25) is 4.79 Å². The van der Waals surface area contributed by atoms with E-state index in [0.717, 1.165) is 20.4 Å². The zero-order valence-corrected chi connectivity index (χ0v) is 18.2. The van der Waals surface area contributed by atoms with E-state index in [0.29, 0.717) is 25.9 Å².